The lowest BCUT2D eigenvalue weighted by Gasteiger charge is -2.36. The molecule has 0 N–H and O–H groups in total. The number of para-hydroxylation sites is 1. The van der Waals surface area contributed by atoms with Crippen molar-refractivity contribution in [1.82, 2.24) is 4.31 Å². The van der Waals surface area contributed by atoms with E-state index < -0.39 is 10.0 Å². The van der Waals surface area contributed by atoms with Crippen LogP contribution in [-0.4, -0.2) is 44.0 Å². The van der Waals surface area contributed by atoms with Crippen molar-refractivity contribution >= 4 is 21.6 Å². The van der Waals surface area contributed by atoms with Crippen molar-refractivity contribution in [3.05, 3.63) is 65.7 Å². The Bertz CT molecular complexity index is 975. The average molecular weight is 427 g/mol. The molecule has 1 unspecified atom stereocenters. The number of hydrogen-bond acceptors (Lipinski definition) is 3. The third-order valence-corrected chi connectivity index (χ3v) is 8.14. The Morgan fingerprint density at radius 3 is 2.57 bits per heavy atom. The minimum atomic E-state index is -3.35. The van der Waals surface area contributed by atoms with E-state index in [0.717, 1.165) is 49.9 Å². The first-order valence-corrected chi connectivity index (χ1v) is 12.6. The molecule has 2 aromatic rings. The van der Waals surface area contributed by atoms with Crippen LogP contribution in [0.15, 0.2) is 54.6 Å². The van der Waals surface area contributed by atoms with E-state index in [1.54, 1.807) is 4.31 Å². The Labute approximate surface area is 179 Å². The number of carbonyl (C=O) groups is 1. The second kappa shape index (κ2) is 9.31. The number of carbonyl (C=O) groups excluding carboxylic acids is 1. The third kappa shape index (κ3) is 4.76. The Kier molecular flexibility index (Phi) is 6.54. The van der Waals surface area contributed by atoms with Crippen LogP contribution in [0.3, 0.4) is 0 Å². The summed E-state index contributed by atoms with van der Waals surface area (Å²) in [6.45, 7) is 1.55. The van der Waals surface area contributed by atoms with Gasteiger partial charge in [-0.1, -0.05) is 48.5 Å². The topological polar surface area (TPSA) is 57.7 Å². The SMILES string of the molecule is O=C(C1CCCN(S(=O)(=O)CCCc2ccccc2)C1)N1CCCc2ccccc21. The lowest BCUT2D eigenvalue weighted by atomic mass is 9.95. The van der Waals surface area contributed by atoms with Crippen molar-refractivity contribution in [2.24, 2.45) is 5.92 Å². The van der Waals surface area contributed by atoms with E-state index in [0.29, 0.717) is 19.5 Å². The minimum Gasteiger partial charge on any atom is -0.312 e. The zero-order valence-electron chi connectivity index (χ0n) is 17.4. The Balaban J connectivity index is 1.38. The summed E-state index contributed by atoms with van der Waals surface area (Å²) < 4.78 is 27.4. The van der Waals surface area contributed by atoms with Crippen LogP contribution in [0.2, 0.25) is 0 Å². The molecule has 1 amide bonds. The molecule has 5 nitrogen and oxygen atoms in total. The average Bonchev–Trinajstić information content (AvgIpc) is 2.79. The van der Waals surface area contributed by atoms with Gasteiger partial charge < -0.3 is 4.90 Å². The fourth-order valence-corrected chi connectivity index (χ4v) is 6.19. The molecule has 160 valence electrons. The van der Waals surface area contributed by atoms with Gasteiger partial charge in [0.05, 0.1) is 11.7 Å². The minimum absolute atomic E-state index is 0.0753. The highest BCUT2D eigenvalue weighted by molar-refractivity contribution is 7.89. The standard InChI is InChI=1S/C24H30N2O3S/c27-24(26-17-7-13-21-12-4-5-15-23(21)26)22-14-6-16-25(19-22)30(28,29)18-8-11-20-9-2-1-3-10-20/h1-5,9-10,12,15,22H,6-8,11,13-14,16-19H2. The number of hydrogen-bond donors (Lipinski definition) is 0. The van der Waals surface area contributed by atoms with Gasteiger partial charge in [-0.3, -0.25) is 4.79 Å². The molecule has 1 atom stereocenters. The summed E-state index contributed by atoms with van der Waals surface area (Å²) in [6, 6.07) is 18.0. The van der Waals surface area contributed by atoms with Crippen LogP contribution in [0.5, 0.6) is 0 Å². The van der Waals surface area contributed by atoms with E-state index >= 15 is 0 Å². The van der Waals surface area contributed by atoms with Crippen LogP contribution >= 0.6 is 0 Å². The van der Waals surface area contributed by atoms with E-state index in [4.69, 9.17) is 0 Å². The van der Waals surface area contributed by atoms with Gasteiger partial charge in [-0.05, 0) is 55.7 Å². The monoisotopic (exact) mass is 426 g/mol. The van der Waals surface area contributed by atoms with Crippen LogP contribution in [0, 0.1) is 5.92 Å². The number of anilines is 1. The molecule has 30 heavy (non-hydrogen) atoms. The van der Waals surface area contributed by atoms with Crippen molar-refractivity contribution in [2.75, 3.05) is 30.3 Å². The smallest absolute Gasteiger partial charge is 0.231 e. The van der Waals surface area contributed by atoms with Gasteiger partial charge in [-0.15, -0.1) is 0 Å². The van der Waals surface area contributed by atoms with Crippen LogP contribution < -0.4 is 4.90 Å². The lowest BCUT2D eigenvalue weighted by molar-refractivity contribution is -0.123. The van der Waals surface area contributed by atoms with Crippen LogP contribution in [0.25, 0.3) is 0 Å². The molecular weight excluding hydrogens is 396 g/mol. The predicted octanol–water partition coefficient (Wildman–Crippen LogP) is 3.64. The Morgan fingerprint density at radius 2 is 1.73 bits per heavy atom. The molecule has 2 aliphatic heterocycles. The van der Waals surface area contributed by atoms with E-state index in [1.165, 1.54) is 5.56 Å². The number of benzene rings is 2. The third-order valence-electron chi connectivity index (χ3n) is 6.21. The summed E-state index contributed by atoms with van der Waals surface area (Å²) in [5.41, 5.74) is 3.36. The number of piperidine rings is 1. The Morgan fingerprint density at radius 1 is 0.967 bits per heavy atom. The van der Waals surface area contributed by atoms with Crippen molar-refractivity contribution in [3.63, 3.8) is 0 Å². The van der Waals surface area contributed by atoms with Gasteiger partial charge in [-0.25, -0.2) is 12.7 Å². The van der Waals surface area contributed by atoms with Crippen molar-refractivity contribution < 1.29 is 13.2 Å². The van der Waals surface area contributed by atoms with Gasteiger partial charge in [0.2, 0.25) is 15.9 Å². The zero-order chi connectivity index (χ0) is 21.0. The first kappa shape index (κ1) is 21.1. The molecule has 0 aromatic heterocycles. The van der Waals surface area contributed by atoms with Crippen LogP contribution in [0.1, 0.15) is 36.8 Å². The highest BCUT2D eigenvalue weighted by Gasteiger charge is 2.35. The second-order valence-corrected chi connectivity index (χ2v) is 10.4. The van der Waals surface area contributed by atoms with Gasteiger partial charge in [0.1, 0.15) is 0 Å². The van der Waals surface area contributed by atoms with Gasteiger partial charge in [0.25, 0.3) is 0 Å². The summed E-state index contributed by atoms with van der Waals surface area (Å²) >= 11 is 0. The van der Waals surface area contributed by atoms with E-state index in [2.05, 4.69) is 6.07 Å². The molecule has 4 rings (SSSR count). The molecule has 1 saturated heterocycles. The number of sulfonamides is 1. The molecule has 0 aliphatic carbocycles. The molecule has 1 fully saturated rings. The van der Waals surface area contributed by atoms with Gasteiger partial charge in [0, 0.05) is 25.3 Å². The molecule has 2 heterocycles. The van der Waals surface area contributed by atoms with Gasteiger partial charge >= 0.3 is 0 Å². The molecule has 2 aromatic carbocycles. The maximum Gasteiger partial charge on any atom is 0.231 e. The molecular formula is C24H30N2O3S. The highest BCUT2D eigenvalue weighted by atomic mass is 32.2. The maximum absolute atomic E-state index is 13.3. The van der Waals surface area contributed by atoms with E-state index in [9.17, 15) is 13.2 Å². The summed E-state index contributed by atoms with van der Waals surface area (Å²) in [6.07, 6.45) is 4.79. The highest BCUT2D eigenvalue weighted by Crippen LogP contribution is 2.30. The quantitative estimate of drug-likeness (QED) is 0.709. The summed E-state index contributed by atoms with van der Waals surface area (Å²) in [5, 5.41) is 0. The van der Waals surface area contributed by atoms with E-state index in [1.807, 2.05) is 53.4 Å². The van der Waals surface area contributed by atoms with E-state index in [-0.39, 0.29) is 17.6 Å². The first-order valence-electron chi connectivity index (χ1n) is 11.0. The second-order valence-electron chi connectivity index (χ2n) is 8.32. The lowest BCUT2D eigenvalue weighted by Crippen LogP contribution is -2.48. The van der Waals surface area contributed by atoms with Gasteiger partial charge in [-0.2, -0.15) is 0 Å². The molecule has 0 saturated carbocycles. The number of fused-ring (bicyclic) bond motifs is 1. The number of aryl methyl sites for hydroxylation is 2. The van der Waals surface area contributed by atoms with Crippen LogP contribution in [0.4, 0.5) is 5.69 Å². The molecule has 2 aliphatic rings. The molecule has 0 radical (unpaired) electrons. The summed E-state index contributed by atoms with van der Waals surface area (Å²) in [4.78, 5) is 15.2. The molecule has 0 spiro atoms. The molecule has 6 heteroatoms. The number of amides is 1. The number of rotatable bonds is 6. The van der Waals surface area contributed by atoms with Gasteiger partial charge in [0.15, 0.2) is 0 Å². The van der Waals surface area contributed by atoms with Crippen LogP contribution in [-0.2, 0) is 27.7 Å². The number of nitrogens with zero attached hydrogens (tertiary/aromatic N) is 2. The normalized spacial score (nSPS) is 20.0. The summed E-state index contributed by atoms with van der Waals surface area (Å²) in [7, 11) is -3.35. The molecule has 0 bridgehead atoms. The predicted molar refractivity (Wildman–Crippen MR) is 120 cm³/mol. The largest absolute Gasteiger partial charge is 0.312 e. The van der Waals surface area contributed by atoms with Crippen molar-refractivity contribution in [3.8, 4) is 0 Å². The Hall–Kier alpha value is -2.18. The van der Waals surface area contributed by atoms with Crippen molar-refractivity contribution in [2.45, 2.75) is 38.5 Å². The zero-order valence-corrected chi connectivity index (χ0v) is 18.2. The fourth-order valence-electron chi connectivity index (χ4n) is 4.61. The van der Waals surface area contributed by atoms with Crippen molar-refractivity contribution in [1.29, 1.82) is 0 Å². The summed E-state index contributed by atoms with van der Waals surface area (Å²) in [5.74, 6) is -0.0461. The fraction of sp³-hybridized carbons (Fsp3) is 0.458. The maximum atomic E-state index is 13.3. The first-order chi connectivity index (χ1) is 14.5.